The zero-order valence-corrected chi connectivity index (χ0v) is 14.7. The first-order valence-corrected chi connectivity index (χ1v) is 9.29. The van der Waals surface area contributed by atoms with Crippen LogP contribution in [0, 0.1) is 0 Å². The number of rotatable bonds is 2. The molecule has 1 fully saturated rings. The van der Waals surface area contributed by atoms with Crippen molar-refractivity contribution in [3.8, 4) is 11.5 Å². The van der Waals surface area contributed by atoms with Gasteiger partial charge in [-0.25, -0.2) is 9.97 Å². The monoisotopic (exact) mass is 368 g/mol. The van der Waals surface area contributed by atoms with E-state index in [0.29, 0.717) is 30.2 Å². The molecule has 0 saturated carbocycles. The van der Waals surface area contributed by atoms with Crippen molar-refractivity contribution in [2.45, 2.75) is 0 Å². The number of carbonyl (C=O) groups excluding carboxylic acids is 1. The predicted octanol–water partition coefficient (Wildman–Crippen LogP) is 2.38. The highest BCUT2D eigenvalue weighted by Crippen LogP contribution is 2.33. The van der Waals surface area contributed by atoms with Crippen LogP contribution in [0.2, 0.25) is 0 Å². The lowest BCUT2D eigenvalue weighted by Gasteiger charge is -2.35. The topological polar surface area (TPSA) is 67.8 Å². The fraction of sp³-hybridized carbons (Fsp3) is 0.278. The molecule has 26 heavy (non-hydrogen) atoms. The fourth-order valence-electron chi connectivity index (χ4n) is 3.36. The second kappa shape index (κ2) is 6.14. The van der Waals surface area contributed by atoms with Gasteiger partial charge in [0.05, 0.1) is 5.39 Å². The number of anilines is 1. The molecule has 7 nitrogen and oxygen atoms in total. The van der Waals surface area contributed by atoms with Gasteiger partial charge in [-0.3, -0.25) is 4.79 Å². The number of piperazine rings is 1. The van der Waals surface area contributed by atoms with Crippen molar-refractivity contribution in [3.63, 3.8) is 0 Å². The van der Waals surface area contributed by atoms with E-state index in [1.165, 1.54) is 0 Å². The van der Waals surface area contributed by atoms with Crippen LogP contribution in [-0.2, 0) is 0 Å². The summed E-state index contributed by atoms with van der Waals surface area (Å²) in [5.74, 6) is 2.29. The normalized spacial score (nSPS) is 16.3. The molecule has 132 valence electrons. The maximum Gasteiger partial charge on any atom is 0.254 e. The van der Waals surface area contributed by atoms with Gasteiger partial charge in [-0.15, -0.1) is 11.3 Å². The number of ether oxygens (including phenoxy) is 2. The second-order valence-electron chi connectivity index (χ2n) is 6.18. The maximum atomic E-state index is 12.8. The molecule has 2 aliphatic rings. The third-order valence-electron chi connectivity index (χ3n) is 4.73. The summed E-state index contributed by atoms with van der Waals surface area (Å²) < 4.78 is 10.7. The van der Waals surface area contributed by atoms with Crippen LogP contribution in [0.3, 0.4) is 0 Å². The summed E-state index contributed by atoms with van der Waals surface area (Å²) in [6.07, 6.45) is 1.61. The average Bonchev–Trinajstić information content (AvgIpc) is 3.35. The van der Waals surface area contributed by atoms with Crippen LogP contribution in [-0.4, -0.2) is 53.7 Å². The summed E-state index contributed by atoms with van der Waals surface area (Å²) in [6.45, 7) is 3.02. The number of fused-ring (bicyclic) bond motifs is 2. The van der Waals surface area contributed by atoms with Crippen molar-refractivity contribution >= 4 is 33.3 Å². The third-order valence-corrected chi connectivity index (χ3v) is 5.55. The van der Waals surface area contributed by atoms with Crippen LogP contribution in [0.25, 0.3) is 10.2 Å². The molecular weight excluding hydrogens is 352 g/mol. The molecule has 1 amide bonds. The Labute approximate surface area is 153 Å². The number of aromatic nitrogens is 2. The summed E-state index contributed by atoms with van der Waals surface area (Å²) in [5, 5.41) is 3.11. The SMILES string of the molecule is O=C(c1ccc2c(c1)OCO2)N1CCN(c2ncnc3sccc23)CC1. The van der Waals surface area contributed by atoms with E-state index in [2.05, 4.69) is 20.9 Å². The summed E-state index contributed by atoms with van der Waals surface area (Å²) >= 11 is 1.61. The number of thiophene rings is 1. The van der Waals surface area contributed by atoms with Gasteiger partial charge in [0.25, 0.3) is 5.91 Å². The van der Waals surface area contributed by atoms with Gasteiger partial charge < -0.3 is 19.3 Å². The van der Waals surface area contributed by atoms with Crippen LogP contribution in [0.15, 0.2) is 36.0 Å². The summed E-state index contributed by atoms with van der Waals surface area (Å²) in [6, 6.07) is 7.40. The smallest absolute Gasteiger partial charge is 0.254 e. The molecule has 1 aromatic carbocycles. The number of amides is 1. The quantitative estimate of drug-likeness (QED) is 0.692. The van der Waals surface area contributed by atoms with E-state index in [1.54, 1.807) is 35.9 Å². The number of benzene rings is 1. The number of hydrogen-bond donors (Lipinski definition) is 0. The predicted molar refractivity (Wildman–Crippen MR) is 98.1 cm³/mol. The van der Waals surface area contributed by atoms with E-state index in [0.717, 1.165) is 29.1 Å². The minimum atomic E-state index is 0.0197. The fourth-order valence-corrected chi connectivity index (χ4v) is 4.09. The van der Waals surface area contributed by atoms with Gasteiger partial charge in [-0.2, -0.15) is 0 Å². The van der Waals surface area contributed by atoms with E-state index in [1.807, 2.05) is 10.3 Å². The van der Waals surface area contributed by atoms with Crippen molar-refractivity contribution in [2.75, 3.05) is 37.9 Å². The van der Waals surface area contributed by atoms with Gasteiger partial charge in [0.1, 0.15) is 17.0 Å². The standard InChI is InChI=1S/C18H16N4O3S/c23-18(12-1-2-14-15(9-12)25-11-24-14)22-6-4-21(5-7-22)16-13-3-8-26-17(13)20-10-19-16/h1-3,8-10H,4-7,11H2. The molecule has 0 unspecified atom stereocenters. The Morgan fingerprint density at radius 3 is 2.77 bits per heavy atom. The molecule has 1 saturated heterocycles. The summed E-state index contributed by atoms with van der Waals surface area (Å²) in [5.41, 5.74) is 0.630. The Balaban J connectivity index is 1.31. The average molecular weight is 368 g/mol. The molecule has 0 radical (unpaired) electrons. The highest BCUT2D eigenvalue weighted by atomic mass is 32.1. The summed E-state index contributed by atoms with van der Waals surface area (Å²) in [7, 11) is 0. The number of carbonyl (C=O) groups is 1. The lowest BCUT2D eigenvalue weighted by atomic mass is 10.1. The Hall–Kier alpha value is -2.87. The van der Waals surface area contributed by atoms with E-state index in [9.17, 15) is 4.79 Å². The zero-order chi connectivity index (χ0) is 17.5. The van der Waals surface area contributed by atoms with Gasteiger partial charge in [-0.1, -0.05) is 0 Å². The second-order valence-corrected chi connectivity index (χ2v) is 7.08. The van der Waals surface area contributed by atoms with Gasteiger partial charge in [0.2, 0.25) is 6.79 Å². The molecule has 2 aromatic heterocycles. The first-order valence-electron chi connectivity index (χ1n) is 8.42. The van der Waals surface area contributed by atoms with Crippen LogP contribution in [0.5, 0.6) is 11.5 Å². The molecule has 4 heterocycles. The molecular formula is C18H16N4O3S. The Bertz CT molecular complexity index is 981. The van der Waals surface area contributed by atoms with Crippen molar-refractivity contribution in [1.82, 2.24) is 14.9 Å². The lowest BCUT2D eigenvalue weighted by Crippen LogP contribution is -2.49. The highest BCUT2D eigenvalue weighted by Gasteiger charge is 2.25. The van der Waals surface area contributed by atoms with E-state index in [-0.39, 0.29) is 12.7 Å². The van der Waals surface area contributed by atoms with Crippen LogP contribution in [0.4, 0.5) is 5.82 Å². The first kappa shape index (κ1) is 15.4. The maximum absolute atomic E-state index is 12.8. The third kappa shape index (κ3) is 2.53. The van der Waals surface area contributed by atoms with Crippen LogP contribution >= 0.6 is 11.3 Å². The molecule has 0 bridgehead atoms. The van der Waals surface area contributed by atoms with Crippen molar-refractivity contribution in [1.29, 1.82) is 0 Å². The van der Waals surface area contributed by atoms with Gasteiger partial charge in [-0.05, 0) is 29.6 Å². The molecule has 2 aliphatic heterocycles. The summed E-state index contributed by atoms with van der Waals surface area (Å²) in [4.78, 5) is 26.7. The molecule has 3 aromatic rings. The van der Waals surface area contributed by atoms with E-state index in [4.69, 9.17) is 9.47 Å². The molecule has 8 heteroatoms. The Morgan fingerprint density at radius 2 is 1.88 bits per heavy atom. The molecule has 0 atom stereocenters. The van der Waals surface area contributed by atoms with Crippen molar-refractivity contribution in [3.05, 3.63) is 41.5 Å². The van der Waals surface area contributed by atoms with Gasteiger partial charge >= 0.3 is 0 Å². The van der Waals surface area contributed by atoms with E-state index >= 15 is 0 Å². The van der Waals surface area contributed by atoms with Crippen LogP contribution in [0.1, 0.15) is 10.4 Å². The minimum Gasteiger partial charge on any atom is -0.454 e. The Kier molecular flexibility index (Phi) is 3.63. The first-order chi connectivity index (χ1) is 12.8. The molecule has 0 spiro atoms. The largest absolute Gasteiger partial charge is 0.454 e. The lowest BCUT2D eigenvalue weighted by molar-refractivity contribution is 0.0746. The Morgan fingerprint density at radius 1 is 1.04 bits per heavy atom. The number of nitrogens with zero attached hydrogens (tertiary/aromatic N) is 4. The van der Waals surface area contributed by atoms with Crippen molar-refractivity contribution < 1.29 is 14.3 Å². The van der Waals surface area contributed by atoms with Crippen LogP contribution < -0.4 is 14.4 Å². The minimum absolute atomic E-state index is 0.0197. The molecule has 0 N–H and O–H groups in total. The van der Waals surface area contributed by atoms with E-state index < -0.39 is 0 Å². The number of hydrogen-bond acceptors (Lipinski definition) is 7. The highest BCUT2D eigenvalue weighted by molar-refractivity contribution is 7.16. The van der Waals surface area contributed by atoms with Gasteiger partial charge in [0, 0.05) is 31.7 Å². The zero-order valence-electron chi connectivity index (χ0n) is 13.9. The van der Waals surface area contributed by atoms with Gasteiger partial charge in [0.15, 0.2) is 11.5 Å². The molecule has 5 rings (SSSR count). The molecule has 0 aliphatic carbocycles. The van der Waals surface area contributed by atoms with Crippen molar-refractivity contribution in [2.24, 2.45) is 0 Å².